The summed E-state index contributed by atoms with van der Waals surface area (Å²) in [7, 11) is 2.15. The molecule has 5 aliphatic carbocycles. The van der Waals surface area contributed by atoms with Crippen LogP contribution in [0.25, 0.3) is 77.9 Å². The summed E-state index contributed by atoms with van der Waals surface area (Å²) in [5.41, 5.74) is 34.5. The van der Waals surface area contributed by atoms with Crippen LogP contribution in [0.15, 0.2) is 273 Å². The Bertz CT molecular complexity index is 4110. The molecule has 12 aromatic rings. The standard InChI is InChI=1S/C76H49N/c1-77(52-17-3-2-4-18-52)53-37-31-47(32-38-53)74-62-41-35-48(50-33-39-60-58-23-9-15-29-70(58)75(72(60)45-50)66-25-11-5-19-54(66)55-20-6-12-26-67(55)75)43-64(62)65-44-49(36-42-63(65)74)51-34-40-61-59-24-10-16-30-71(59)76(73(61)46-51)68-27-13-7-21-56(68)57-22-8-14-28-69(57)76/h2-46,74H,1H3. The maximum atomic E-state index is 2.53. The second kappa shape index (κ2) is 15.7. The van der Waals surface area contributed by atoms with Crippen molar-refractivity contribution in [3.63, 3.8) is 0 Å². The van der Waals surface area contributed by atoms with Gasteiger partial charge in [0.1, 0.15) is 0 Å². The van der Waals surface area contributed by atoms with Crippen molar-refractivity contribution >= 4 is 11.4 Å². The summed E-state index contributed by atoms with van der Waals surface area (Å²) in [4.78, 5) is 2.27. The molecular weight excluding hydrogens is 927 g/mol. The van der Waals surface area contributed by atoms with Gasteiger partial charge < -0.3 is 4.90 Å². The molecule has 0 radical (unpaired) electrons. The highest BCUT2D eigenvalue weighted by molar-refractivity contribution is 5.98. The highest BCUT2D eigenvalue weighted by Crippen LogP contribution is 2.65. The van der Waals surface area contributed by atoms with Gasteiger partial charge in [0.15, 0.2) is 0 Å². The summed E-state index contributed by atoms with van der Waals surface area (Å²) in [6.45, 7) is 0. The Hall–Kier alpha value is -9.56. The number of rotatable bonds is 5. The van der Waals surface area contributed by atoms with Gasteiger partial charge in [0.05, 0.1) is 10.8 Å². The minimum absolute atomic E-state index is 0.0766. The Labute approximate surface area is 449 Å². The summed E-state index contributed by atoms with van der Waals surface area (Å²) < 4.78 is 0. The van der Waals surface area contributed by atoms with Gasteiger partial charge in [-0.25, -0.2) is 0 Å². The molecule has 0 N–H and O–H groups in total. The van der Waals surface area contributed by atoms with Crippen LogP contribution < -0.4 is 4.90 Å². The first kappa shape index (κ1) is 42.8. The zero-order chi connectivity index (χ0) is 50.6. The molecule has 77 heavy (non-hydrogen) atoms. The van der Waals surface area contributed by atoms with Crippen LogP contribution in [-0.4, -0.2) is 7.05 Å². The van der Waals surface area contributed by atoms with E-state index in [0.29, 0.717) is 0 Å². The third kappa shape index (κ3) is 5.58. The van der Waals surface area contributed by atoms with Crippen molar-refractivity contribution in [2.75, 3.05) is 11.9 Å². The van der Waals surface area contributed by atoms with Crippen LogP contribution in [0, 0.1) is 0 Å². The van der Waals surface area contributed by atoms with Gasteiger partial charge in [-0.2, -0.15) is 0 Å². The van der Waals surface area contributed by atoms with Crippen LogP contribution >= 0.6 is 0 Å². The number of anilines is 2. The summed E-state index contributed by atoms with van der Waals surface area (Å²) >= 11 is 0. The zero-order valence-corrected chi connectivity index (χ0v) is 42.5. The molecule has 0 heterocycles. The molecule has 0 aliphatic heterocycles. The molecule has 0 atom stereocenters. The monoisotopic (exact) mass is 975 g/mol. The number of hydrogen-bond acceptors (Lipinski definition) is 1. The van der Waals surface area contributed by atoms with Gasteiger partial charge in [-0.05, 0) is 188 Å². The lowest BCUT2D eigenvalue weighted by Gasteiger charge is -2.30. The highest BCUT2D eigenvalue weighted by Gasteiger charge is 2.53. The number of hydrogen-bond donors (Lipinski definition) is 0. The van der Waals surface area contributed by atoms with Crippen molar-refractivity contribution in [2.24, 2.45) is 0 Å². The molecular formula is C76H49N. The van der Waals surface area contributed by atoms with E-state index < -0.39 is 10.8 Å². The van der Waals surface area contributed by atoms with Crippen LogP contribution in [0.3, 0.4) is 0 Å². The zero-order valence-electron chi connectivity index (χ0n) is 42.5. The van der Waals surface area contributed by atoms with Crippen LogP contribution in [0.2, 0.25) is 0 Å². The van der Waals surface area contributed by atoms with E-state index in [1.54, 1.807) is 0 Å². The van der Waals surface area contributed by atoms with E-state index >= 15 is 0 Å². The molecule has 358 valence electrons. The maximum Gasteiger partial charge on any atom is 0.0725 e. The third-order valence-electron chi connectivity index (χ3n) is 18.4. The molecule has 0 amide bonds. The van der Waals surface area contributed by atoms with Gasteiger partial charge in [0, 0.05) is 24.3 Å². The number of benzene rings is 12. The molecule has 1 heteroatoms. The number of para-hydroxylation sites is 1. The van der Waals surface area contributed by atoms with Crippen molar-refractivity contribution < 1.29 is 0 Å². The normalized spacial score (nSPS) is 14.5. The van der Waals surface area contributed by atoms with E-state index in [9.17, 15) is 0 Å². The Morgan fingerprint density at radius 2 is 0.545 bits per heavy atom. The van der Waals surface area contributed by atoms with E-state index in [4.69, 9.17) is 0 Å². The van der Waals surface area contributed by atoms with Crippen LogP contribution in [-0.2, 0) is 10.8 Å². The van der Waals surface area contributed by atoms with Crippen molar-refractivity contribution in [2.45, 2.75) is 16.7 Å². The van der Waals surface area contributed by atoms with E-state index in [1.165, 1.54) is 145 Å². The second-order valence-corrected chi connectivity index (χ2v) is 21.8. The molecule has 0 bridgehead atoms. The van der Waals surface area contributed by atoms with E-state index in [2.05, 4.69) is 285 Å². The molecule has 0 saturated heterocycles. The lowest BCUT2D eigenvalue weighted by atomic mass is 9.70. The van der Waals surface area contributed by atoms with Crippen molar-refractivity contribution in [3.05, 3.63) is 334 Å². The topological polar surface area (TPSA) is 3.24 Å². The highest BCUT2D eigenvalue weighted by atomic mass is 15.1. The van der Waals surface area contributed by atoms with Crippen molar-refractivity contribution in [1.82, 2.24) is 0 Å². The predicted octanol–water partition coefficient (Wildman–Crippen LogP) is 18.6. The van der Waals surface area contributed by atoms with Crippen LogP contribution in [0.4, 0.5) is 11.4 Å². The Balaban J connectivity index is 0.839. The first-order valence-corrected chi connectivity index (χ1v) is 27.2. The quantitative estimate of drug-likeness (QED) is 0.166. The number of fused-ring (bicyclic) bond motifs is 23. The minimum atomic E-state index is -0.405. The first-order valence-electron chi connectivity index (χ1n) is 27.2. The van der Waals surface area contributed by atoms with E-state index in [-0.39, 0.29) is 5.92 Å². The fraction of sp³-hybridized carbons (Fsp3) is 0.0526. The van der Waals surface area contributed by atoms with Gasteiger partial charge in [-0.3, -0.25) is 0 Å². The van der Waals surface area contributed by atoms with Gasteiger partial charge in [-0.1, -0.05) is 224 Å². The lowest BCUT2D eigenvalue weighted by molar-refractivity contribution is 0.794. The summed E-state index contributed by atoms with van der Waals surface area (Å²) in [6.07, 6.45) is 0. The predicted molar refractivity (Wildman–Crippen MR) is 317 cm³/mol. The van der Waals surface area contributed by atoms with Crippen molar-refractivity contribution in [3.8, 4) is 77.9 Å². The second-order valence-electron chi connectivity index (χ2n) is 21.8. The molecule has 0 fully saturated rings. The van der Waals surface area contributed by atoms with Crippen LogP contribution in [0.5, 0.6) is 0 Å². The molecule has 17 rings (SSSR count). The molecule has 2 spiro atoms. The van der Waals surface area contributed by atoms with E-state index in [0.717, 1.165) is 5.69 Å². The largest absolute Gasteiger partial charge is 0.345 e. The fourth-order valence-electron chi connectivity index (χ4n) is 15.2. The van der Waals surface area contributed by atoms with Gasteiger partial charge in [0.2, 0.25) is 0 Å². The third-order valence-corrected chi connectivity index (χ3v) is 18.4. The van der Waals surface area contributed by atoms with Crippen LogP contribution in [0.1, 0.15) is 67.1 Å². The molecule has 5 aliphatic rings. The average Bonchev–Trinajstić information content (AvgIpc) is 4.46. The smallest absolute Gasteiger partial charge is 0.0725 e. The summed E-state index contributed by atoms with van der Waals surface area (Å²) in [5, 5.41) is 0. The van der Waals surface area contributed by atoms with Gasteiger partial charge in [0.25, 0.3) is 0 Å². The Kier molecular flexibility index (Phi) is 8.74. The van der Waals surface area contributed by atoms with Gasteiger partial charge in [-0.15, -0.1) is 0 Å². The molecule has 0 aromatic heterocycles. The molecule has 0 saturated carbocycles. The molecule has 0 unspecified atom stereocenters. The average molecular weight is 976 g/mol. The lowest BCUT2D eigenvalue weighted by Crippen LogP contribution is -2.25. The first-order chi connectivity index (χ1) is 38.1. The minimum Gasteiger partial charge on any atom is -0.345 e. The van der Waals surface area contributed by atoms with Gasteiger partial charge >= 0.3 is 0 Å². The SMILES string of the molecule is CN(c1ccccc1)c1ccc(C2c3ccc(-c4ccc5c(c4)C4(c6ccccc6-c6ccccc64)c4ccccc4-5)cc3-c3cc(-c4ccc5c(c4)C4(c6ccccc6-c6ccccc64)c4ccccc4-5)ccc32)cc1. The molecule has 1 nitrogen and oxygen atoms in total. The molecule has 12 aromatic carbocycles. The van der Waals surface area contributed by atoms with Crippen molar-refractivity contribution in [1.29, 1.82) is 0 Å². The number of nitrogens with zero attached hydrogens (tertiary/aromatic N) is 1. The summed E-state index contributed by atoms with van der Waals surface area (Å²) in [5.74, 6) is 0.0766. The fourth-order valence-corrected chi connectivity index (χ4v) is 15.2. The maximum absolute atomic E-state index is 2.53. The Morgan fingerprint density at radius 3 is 0.922 bits per heavy atom. The summed E-state index contributed by atoms with van der Waals surface area (Å²) in [6, 6.07) is 104. The van der Waals surface area contributed by atoms with E-state index in [1.807, 2.05) is 0 Å². The Morgan fingerprint density at radius 1 is 0.247 bits per heavy atom.